The summed E-state index contributed by atoms with van der Waals surface area (Å²) in [6, 6.07) is 12.3. The van der Waals surface area contributed by atoms with Crippen LogP contribution in [-0.2, 0) is 0 Å². The molecule has 7 nitrogen and oxygen atoms in total. The van der Waals surface area contributed by atoms with Crippen LogP contribution in [0.4, 0.5) is 0 Å². The summed E-state index contributed by atoms with van der Waals surface area (Å²) in [5, 5.41) is 15.5. The van der Waals surface area contributed by atoms with Crippen molar-refractivity contribution in [1.29, 1.82) is 0 Å². The molecule has 29 heavy (non-hydrogen) atoms. The summed E-state index contributed by atoms with van der Waals surface area (Å²) in [5.74, 6) is 0.720. The first-order valence-electron chi connectivity index (χ1n) is 9.15. The van der Waals surface area contributed by atoms with Gasteiger partial charge in [-0.1, -0.05) is 6.07 Å². The van der Waals surface area contributed by atoms with Crippen LogP contribution >= 0.6 is 11.3 Å². The van der Waals surface area contributed by atoms with Crippen molar-refractivity contribution < 1.29 is 0 Å². The fraction of sp³-hybridized carbons (Fsp3) is 0.0476. The Hall–Kier alpha value is -3.78. The van der Waals surface area contributed by atoms with E-state index in [1.165, 1.54) is 4.88 Å². The third-order valence-corrected chi connectivity index (χ3v) is 6.00. The van der Waals surface area contributed by atoms with Gasteiger partial charge in [-0.3, -0.25) is 15.2 Å². The molecule has 0 saturated carbocycles. The highest BCUT2D eigenvalue weighted by Gasteiger charge is 2.17. The first kappa shape index (κ1) is 16.2. The van der Waals surface area contributed by atoms with Gasteiger partial charge in [-0.25, -0.2) is 4.98 Å². The van der Waals surface area contributed by atoms with Gasteiger partial charge in [0.25, 0.3) is 0 Å². The second-order valence-electron chi connectivity index (χ2n) is 6.87. The van der Waals surface area contributed by atoms with Crippen molar-refractivity contribution in [2.45, 2.75) is 6.92 Å². The molecule has 6 aromatic rings. The van der Waals surface area contributed by atoms with Crippen molar-refractivity contribution >= 4 is 33.3 Å². The van der Waals surface area contributed by atoms with E-state index in [0.29, 0.717) is 0 Å². The molecule has 0 saturated heterocycles. The summed E-state index contributed by atoms with van der Waals surface area (Å²) in [4.78, 5) is 15.2. The number of aromatic amines is 3. The normalized spacial score (nSPS) is 11.6. The predicted octanol–water partition coefficient (Wildman–Crippen LogP) is 4.93. The van der Waals surface area contributed by atoms with Crippen LogP contribution in [0.3, 0.4) is 0 Å². The third-order valence-electron chi connectivity index (χ3n) is 4.99. The number of aryl methyl sites for hydroxylation is 1. The fourth-order valence-electron chi connectivity index (χ4n) is 3.57. The first-order valence-corrected chi connectivity index (χ1v) is 9.97. The highest BCUT2D eigenvalue weighted by molar-refractivity contribution is 7.15. The molecule has 0 unspecified atom stereocenters. The van der Waals surface area contributed by atoms with Gasteiger partial charge in [0.1, 0.15) is 16.9 Å². The van der Waals surface area contributed by atoms with E-state index < -0.39 is 0 Å². The average Bonchev–Trinajstić information content (AvgIpc) is 3.51. The first-order chi connectivity index (χ1) is 14.3. The zero-order chi connectivity index (χ0) is 19.4. The van der Waals surface area contributed by atoms with E-state index in [2.05, 4.69) is 61.6 Å². The number of thiophene rings is 1. The average molecular weight is 397 g/mol. The van der Waals surface area contributed by atoms with Crippen molar-refractivity contribution in [3.05, 3.63) is 59.9 Å². The molecule has 5 aromatic heterocycles. The van der Waals surface area contributed by atoms with Crippen LogP contribution in [0.15, 0.2) is 55.0 Å². The molecule has 0 aliphatic rings. The lowest BCUT2D eigenvalue weighted by atomic mass is 10.1. The maximum atomic E-state index is 4.87. The highest BCUT2D eigenvalue weighted by Crippen LogP contribution is 2.34. The molecular formula is C21H15N7S. The van der Waals surface area contributed by atoms with Gasteiger partial charge < -0.3 is 4.98 Å². The lowest BCUT2D eigenvalue weighted by Gasteiger charge is -1.98. The van der Waals surface area contributed by atoms with Crippen LogP contribution < -0.4 is 0 Å². The van der Waals surface area contributed by atoms with E-state index in [0.717, 1.165) is 55.2 Å². The number of H-pyrrole nitrogens is 3. The molecule has 3 N–H and O–H groups in total. The number of imidazole rings is 1. The number of aromatic nitrogens is 7. The molecule has 8 heteroatoms. The topological polar surface area (TPSA) is 98.9 Å². The third kappa shape index (κ3) is 2.57. The Morgan fingerprint density at radius 2 is 1.93 bits per heavy atom. The van der Waals surface area contributed by atoms with E-state index in [9.17, 15) is 0 Å². The van der Waals surface area contributed by atoms with E-state index in [4.69, 9.17) is 4.98 Å². The van der Waals surface area contributed by atoms with Crippen LogP contribution in [0.1, 0.15) is 4.88 Å². The number of hydrogen-bond donors (Lipinski definition) is 3. The molecule has 0 bridgehead atoms. The Labute approximate surface area is 168 Å². The zero-order valence-electron chi connectivity index (χ0n) is 15.4. The summed E-state index contributed by atoms with van der Waals surface area (Å²) in [5.41, 5.74) is 6.53. The van der Waals surface area contributed by atoms with Gasteiger partial charge in [-0.05, 0) is 42.8 Å². The maximum absolute atomic E-state index is 4.87. The van der Waals surface area contributed by atoms with Crippen molar-refractivity contribution in [2.75, 3.05) is 0 Å². The number of pyridine rings is 1. The molecule has 0 radical (unpaired) electrons. The second kappa shape index (κ2) is 6.11. The molecule has 0 fully saturated rings. The predicted molar refractivity (Wildman–Crippen MR) is 115 cm³/mol. The summed E-state index contributed by atoms with van der Waals surface area (Å²) in [6.07, 6.45) is 5.50. The van der Waals surface area contributed by atoms with Gasteiger partial charge in [0.2, 0.25) is 0 Å². The maximum Gasteiger partial charge on any atom is 0.159 e. The molecule has 140 valence electrons. The van der Waals surface area contributed by atoms with Gasteiger partial charge in [-0.2, -0.15) is 10.2 Å². The molecule has 1 aromatic carbocycles. The summed E-state index contributed by atoms with van der Waals surface area (Å²) < 4.78 is 0. The highest BCUT2D eigenvalue weighted by atomic mass is 32.1. The number of benzene rings is 1. The largest absolute Gasteiger partial charge is 0.336 e. The minimum atomic E-state index is 0.720. The van der Waals surface area contributed by atoms with Crippen molar-refractivity contribution in [3.63, 3.8) is 0 Å². The Kier molecular flexibility index (Phi) is 3.41. The monoisotopic (exact) mass is 397 g/mol. The molecule has 5 heterocycles. The standard InChI is InChI=1S/C21H15N7S/c1-11-2-5-17(29-11)20-19-16(6-7-22-20)25-21(26-19)18-14-8-12(13-9-23-24-10-13)3-4-15(14)27-28-18/h2-10H,1H3,(H,23,24)(H,25,26)(H,27,28). The minimum Gasteiger partial charge on any atom is -0.336 e. The number of nitrogens with one attached hydrogen (secondary N) is 3. The Morgan fingerprint density at radius 1 is 0.966 bits per heavy atom. The van der Waals surface area contributed by atoms with Gasteiger partial charge >= 0.3 is 0 Å². The summed E-state index contributed by atoms with van der Waals surface area (Å²) >= 11 is 1.72. The fourth-order valence-corrected chi connectivity index (χ4v) is 4.44. The number of nitrogens with zero attached hydrogens (tertiary/aromatic N) is 4. The number of rotatable bonds is 3. The number of hydrogen-bond acceptors (Lipinski definition) is 5. The van der Waals surface area contributed by atoms with E-state index >= 15 is 0 Å². The van der Waals surface area contributed by atoms with Gasteiger partial charge in [0.15, 0.2) is 5.82 Å². The summed E-state index contributed by atoms with van der Waals surface area (Å²) in [6.45, 7) is 2.09. The van der Waals surface area contributed by atoms with Crippen molar-refractivity contribution in [3.8, 4) is 33.2 Å². The van der Waals surface area contributed by atoms with Crippen LogP contribution in [0.25, 0.3) is 55.2 Å². The minimum absolute atomic E-state index is 0.720. The SMILES string of the molecule is Cc1ccc(-c2nccc3[nH]c(-c4n[nH]c5ccc(-c6cn[nH]c6)cc45)nc23)s1. The Bertz CT molecular complexity index is 1470. The van der Waals surface area contributed by atoms with Crippen LogP contribution in [0.2, 0.25) is 0 Å². The molecule has 0 amide bonds. The van der Waals surface area contributed by atoms with E-state index in [-0.39, 0.29) is 0 Å². The molecule has 0 aliphatic carbocycles. The lowest BCUT2D eigenvalue weighted by molar-refractivity contribution is 1.09. The lowest BCUT2D eigenvalue weighted by Crippen LogP contribution is -1.83. The van der Waals surface area contributed by atoms with Crippen LogP contribution in [0, 0.1) is 6.92 Å². The smallest absolute Gasteiger partial charge is 0.159 e. The van der Waals surface area contributed by atoms with Gasteiger partial charge in [0.05, 0.1) is 22.1 Å². The molecular weight excluding hydrogens is 382 g/mol. The van der Waals surface area contributed by atoms with Crippen molar-refractivity contribution in [2.24, 2.45) is 0 Å². The molecule has 0 spiro atoms. The zero-order valence-corrected chi connectivity index (χ0v) is 16.2. The molecule has 0 aliphatic heterocycles. The Balaban J connectivity index is 1.53. The molecule has 6 rings (SSSR count). The summed E-state index contributed by atoms with van der Waals surface area (Å²) in [7, 11) is 0. The second-order valence-corrected chi connectivity index (χ2v) is 8.16. The van der Waals surface area contributed by atoms with E-state index in [1.54, 1.807) is 11.3 Å². The van der Waals surface area contributed by atoms with Crippen LogP contribution in [0.5, 0.6) is 0 Å². The van der Waals surface area contributed by atoms with Gasteiger partial charge in [0, 0.05) is 28.2 Å². The van der Waals surface area contributed by atoms with E-state index in [1.807, 2.05) is 30.7 Å². The molecule has 0 atom stereocenters. The number of fused-ring (bicyclic) bond motifs is 2. The van der Waals surface area contributed by atoms with Crippen molar-refractivity contribution in [1.82, 2.24) is 35.3 Å². The quantitative estimate of drug-likeness (QED) is 0.394. The Morgan fingerprint density at radius 3 is 2.76 bits per heavy atom. The van der Waals surface area contributed by atoms with Crippen LogP contribution in [-0.4, -0.2) is 35.3 Å². The van der Waals surface area contributed by atoms with Gasteiger partial charge in [-0.15, -0.1) is 11.3 Å².